The third-order valence-corrected chi connectivity index (χ3v) is 26.1. The van der Waals surface area contributed by atoms with Gasteiger partial charge >= 0.3 is 12.2 Å². The molecule has 620 valence electrons. The summed E-state index contributed by atoms with van der Waals surface area (Å²) < 4.78 is 172. The molecule has 0 aliphatic carbocycles. The number of benzene rings is 8. The van der Waals surface area contributed by atoms with Crippen LogP contribution in [0.3, 0.4) is 0 Å². The molecule has 0 radical (unpaired) electrons. The minimum atomic E-state index is -4.77. The fraction of sp³-hybridized carbons (Fsp3) is 0.333. The number of hydrogen-bond donors (Lipinski definition) is 4. The number of methoxy groups -OCH3 is 6. The summed E-state index contributed by atoms with van der Waals surface area (Å²) in [6, 6.07) is 45.6. The van der Waals surface area contributed by atoms with Crippen molar-refractivity contribution in [3.63, 3.8) is 0 Å². The number of hydrogen-bond acceptors (Lipinski definition) is 24. The van der Waals surface area contributed by atoms with Gasteiger partial charge in [0.05, 0.1) is 66.9 Å². The molecule has 0 aliphatic rings. The van der Waals surface area contributed by atoms with E-state index in [1.807, 2.05) is 69.4 Å². The number of ether oxygens (including phenoxy) is 8. The van der Waals surface area contributed by atoms with Crippen molar-refractivity contribution >= 4 is 97.5 Å². The molecule has 0 spiro atoms. The third-order valence-electron chi connectivity index (χ3n) is 17.0. The predicted molar refractivity (Wildman–Crippen MR) is 449 cm³/mol. The minimum absolute atomic E-state index is 0.0176. The van der Waals surface area contributed by atoms with Crippen molar-refractivity contribution < 1.29 is 81.2 Å². The van der Waals surface area contributed by atoms with Crippen LogP contribution in [-0.2, 0) is 88.8 Å². The van der Waals surface area contributed by atoms with Gasteiger partial charge in [0.2, 0.25) is 45.9 Å². The summed E-state index contributed by atoms with van der Waals surface area (Å²) in [5.74, 6) is 3.51. The average Bonchev–Trinajstić information content (AvgIpc) is 1.15. The zero-order chi connectivity index (χ0) is 84.5. The molecule has 32 nitrogen and oxygen atoms in total. The first-order valence-electron chi connectivity index (χ1n) is 35.8. The lowest BCUT2D eigenvalue weighted by Crippen LogP contribution is -2.43. The maximum atomic E-state index is 15.5. The van der Waals surface area contributed by atoms with Crippen molar-refractivity contribution in [1.82, 2.24) is 69.1 Å². The Bertz CT molecular complexity index is 5390. The molecule has 38 heteroatoms. The van der Waals surface area contributed by atoms with Crippen LogP contribution in [0.5, 0.6) is 34.5 Å². The molecule has 0 saturated carbocycles. The Morgan fingerprint density at radius 3 is 1.06 bits per heavy atom. The van der Waals surface area contributed by atoms with Crippen LogP contribution in [-0.4, -0.2) is 174 Å². The Morgan fingerprint density at radius 2 is 0.733 bits per heavy atom. The van der Waals surface area contributed by atoms with Crippen molar-refractivity contribution in [2.75, 3.05) is 55.7 Å². The molecule has 2 amide bonds. The van der Waals surface area contributed by atoms with Crippen LogP contribution in [0.25, 0.3) is 22.8 Å². The molecule has 0 aliphatic heterocycles. The van der Waals surface area contributed by atoms with Crippen molar-refractivity contribution in [1.29, 1.82) is 0 Å². The van der Waals surface area contributed by atoms with Crippen molar-refractivity contribution in [3.05, 3.63) is 210 Å². The van der Waals surface area contributed by atoms with Gasteiger partial charge in [0.25, 0.3) is 0 Å². The number of carbonyl (C=O) groups excluding carboxylic acids is 2. The van der Waals surface area contributed by atoms with E-state index in [9.17, 15) is 26.4 Å². The molecule has 2 aromatic heterocycles. The number of amides is 2. The normalized spacial score (nSPS) is 12.6. The molecule has 4 N–H and O–H groups in total. The number of aromatic nitrogens is 8. The highest BCUT2D eigenvalue weighted by Gasteiger charge is 2.41. The molecule has 10 rings (SSSR count). The lowest BCUT2D eigenvalue weighted by atomic mass is 10.2. The van der Waals surface area contributed by atoms with Gasteiger partial charge in [-0.3, -0.25) is 0 Å². The fourth-order valence-corrected chi connectivity index (χ4v) is 20.5. The van der Waals surface area contributed by atoms with Crippen LogP contribution >= 0.6 is 45.2 Å². The van der Waals surface area contributed by atoms with Crippen LogP contribution in [0.4, 0.5) is 9.59 Å². The first kappa shape index (κ1) is 90.3. The van der Waals surface area contributed by atoms with Gasteiger partial charge in [-0.25, -0.2) is 57.4 Å². The highest BCUT2D eigenvalue weighted by molar-refractivity contribution is 14.1. The molecule has 0 saturated heterocycles. The number of rotatable bonds is 34. The average molecular weight is 1900 g/mol. The summed E-state index contributed by atoms with van der Waals surface area (Å²) in [6.07, 6.45) is -1.48. The second kappa shape index (κ2) is 39.5. The number of sulfonamides is 4. The summed E-state index contributed by atoms with van der Waals surface area (Å²) in [4.78, 5) is 23.9. The molecule has 0 bridgehead atoms. The Hall–Kier alpha value is -9.66. The van der Waals surface area contributed by atoms with Gasteiger partial charge in [0, 0.05) is 58.5 Å². The zero-order valence-electron chi connectivity index (χ0n) is 66.2. The van der Waals surface area contributed by atoms with E-state index >= 15 is 16.8 Å². The highest BCUT2D eigenvalue weighted by atomic mass is 127. The number of halogens is 2. The van der Waals surface area contributed by atoms with E-state index in [2.05, 4.69) is 51.0 Å². The van der Waals surface area contributed by atoms with Crippen LogP contribution in [0, 0.1) is 7.14 Å². The summed E-state index contributed by atoms with van der Waals surface area (Å²) in [5, 5.41) is 30.5. The van der Waals surface area contributed by atoms with E-state index in [0.717, 1.165) is 11.1 Å². The second-order valence-corrected chi connectivity index (χ2v) is 37.7. The minimum Gasteiger partial charge on any atom is -0.497 e. The largest absolute Gasteiger partial charge is 0.497 e. The van der Waals surface area contributed by atoms with E-state index in [1.54, 1.807) is 177 Å². The Kier molecular flexibility index (Phi) is 30.8. The number of tetrazole rings is 2. The predicted octanol–water partition coefficient (Wildman–Crippen LogP) is 11.2. The van der Waals surface area contributed by atoms with E-state index < -0.39 is 95.1 Å². The van der Waals surface area contributed by atoms with Crippen LogP contribution in [0.15, 0.2) is 189 Å². The standard InChI is InChI=1S/2C39H46IN7O9S2/c1-26(22-41-38(48)56-39(2,3)4)44-57(49,50)34-21-20-33(40)35(37-42-45-47(43-37)25-29-12-18-32(55-7)19-13-29)36(34)58(51,52)46(23-27-8-14-30(53-5)15-9-27)24-28-10-16-31(54-6)17-11-28;1-26(22-41-38(48)56-39(2,3)4)43-57(49,50)34-21-20-33(40)35(37-42-44-45-47(37)25-29-12-18-32(55-7)19-13-29)36(34)58(51,52)46(23-27-8-14-30(53-5)15-9-27)24-28-10-16-31(54-6)17-11-28/h8-21,26,44H,22-25H2,1-7H3,(H,41,48);8-21,26,43H,22-25H2,1-7H3,(H,41,48)/t2*26-/m00/s1. The number of nitrogens with one attached hydrogen (secondary N) is 4. The number of alkyl carbamates (subject to hydrolysis) is 2. The smallest absolute Gasteiger partial charge is 0.407 e. The van der Waals surface area contributed by atoms with Gasteiger partial charge in [-0.15, -0.1) is 15.3 Å². The summed E-state index contributed by atoms with van der Waals surface area (Å²) >= 11 is 3.90. The van der Waals surface area contributed by atoms with E-state index in [4.69, 9.17) is 37.9 Å². The van der Waals surface area contributed by atoms with Gasteiger partial charge in [-0.05, 0) is 247 Å². The maximum Gasteiger partial charge on any atom is 0.407 e. The third kappa shape index (κ3) is 24.5. The summed E-state index contributed by atoms with van der Waals surface area (Å²) in [5.41, 5.74) is 2.39. The Balaban J connectivity index is 0.000000265. The molecule has 10 aromatic rings. The quantitative estimate of drug-likeness (QED) is 0.0272. The lowest BCUT2D eigenvalue weighted by Gasteiger charge is -2.26. The van der Waals surface area contributed by atoms with E-state index in [1.165, 1.54) is 84.6 Å². The Labute approximate surface area is 703 Å². The molecule has 8 aromatic carbocycles. The summed E-state index contributed by atoms with van der Waals surface area (Å²) in [6.45, 7) is 12.7. The molecule has 0 fully saturated rings. The second-order valence-electron chi connectivity index (χ2n) is 28.2. The number of carbonyl (C=O) groups is 2. The van der Waals surface area contributed by atoms with Crippen molar-refractivity contribution in [3.8, 4) is 57.3 Å². The number of nitrogens with zero attached hydrogens (tertiary/aromatic N) is 10. The highest BCUT2D eigenvalue weighted by Crippen LogP contribution is 2.41. The van der Waals surface area contributed by atoms with E-state index in [-0.39, 0.29) is 75.1 Å². The lowest BCUT2D eigenvalue weighted by molar-refractivity contribution is 0.0513. The van der Waals surface area contributed by atoms with Gasteiger partial charge in [0.1, 0.15) is 65.3 Å². The van der Waals surface area contributed by atoms with Crippen LogP contribution < -0.4 is 48.5 Å². The first-order valence-corrected chi connectivity index (χ1v) is 43.8. The fourth-order valence-electron chi connectivity index (χ4n) is 11.4. The van der Waals surface area contributed by atoms with Crippen molar-refractivity contribution in [2.45, 2.75) is 138 Å². The molecular weight excluding hydrogens is 1800 g/mol. The van der Waals surface area contributed by atoms with E-state index in [0.29, 0.717) is 63.9 Å². The monoisotopic (exact) mass is 1890 g/mol. The molecule has 0 unspecified atom stereocenters. The first-order chi connectivity index (χ1) is 54.8. The molecule has 2 heterocycles. The van der Waals surface area contributed by atoms with Gasteiger partial charge in [-0.1, -0.05) is 72.8 Å². The van der Waals surface area contributed by atoms with Crippen LogP contribution in [0.1, 0.15) is 88.8 Å². The SMILES string of the molecule is COc1ccc(CN(Cc2ccc(OC)cc2)S(=O)(=O)c2c(S(=O)(=O)N[C@@H](C)CNC(=O)OC(C)(C)C)ccc(I)c2-c2nnn(Cc3ccc(OC)cc3)n2)cc1.COc1ccc(CN(Cc2ccc(OC)cc2)S(=O)(=O)c2c(S(=O)(=O)N[C@@H](C)CNC(=O)OC(C)(C)C)ccc(I)c2-c2nnnn2Cc2ccc(OC)cc2)cc1. The maximum absolute atomic E-state index is 15.5. The van der Waals surface area contributed by atoms with Gasteiger partial charge in [0.15, 0.2) is 5.82 Å². The summed E-state index contributed by atoms with van der Waals surface area (Å²) in [7, 11) is -9.56. The topological polar surface area (TPSA) is 386 Å². The zero-order valence-corrected chi connectivity index (χ0v) is 73.8. The Morgan fingerprint density at radius 1 is 0.422 bits per heavy atom. The molecular formula is C78H92I2N14O18S4. The van der Waals surface area contributed by atoms with Crippen molar-refractivity contribution in [2.24, 2.45) is 0 Å². The van der Waals surface area contributed by atoms with Gasteiger partial charge < -0.3 is 48.5 Å². The molecule has 116 heavy (non-hydrogen) atoms. The van der Waals surface area contributed by atoms with Crippen LogP contribution in [0.2, 0.25) is 0 Å². The molecule has 2 atom stereocenters. The van der Waals surface area contributed by atoms with Gasteiger partial charge in [-0.2, -0.15) is 13.4 Å².